The lowest BCUT2D eigenvalue weighted by molar-refractivity contribution is -0.0110. The first kappa shape index (κ1) is 12.0. The van der Waals surface area contributed by atoms with E-state index in [9.17, 15) is 0 Å². The lowest BCUT2D eigenvalue weighted by Gasteiger charge is -2.34. The van der Waals surface area contributed by atoms with Gasteiger partial charge in [-0.25, -0.2) is 0 Å². The first-order valence-electron chi connectivity index (χ1n) is 6.80. The Morgan fingerprint density at radius 1 is 1.33 bits per heavy atom. The number of benzene rings is 1. The van der Waals surface area contributed by atoms with Crippen LogP contribution in [0.5, 0.6) is 5.75 Å². The van der Waals surface area contributed by atoms with Crippen molar-refractivity contribution in [1.29, 1.82) is 0 Å². The van der Waals surface area contributed by atoms with Crippen molar-refractivity contribution in [1.82, 2.24) is 5.32 Å². The molecule has 1 saturated heterocycles. The molecule has 0 spiro atoms. The minimum atomic E-state index is -0.115. The molecule has 98 valence electrons. The first-order valence-corrected chi connectivity index (χ1v) is 6.80. The van der Waals surface area contributed by atoms with Crippen molar-refractivity contribution in [3.8, 4) is 5.75 Å². The van der Waals surface area contributed by atoms with Crippen LogP contribution in [0.1, 0.15) is 36.9 Å². The summed E-state index contributed by atoms with van der Waals surface area (Å²) in [6.07, 6.45) is 3.27. The highest BCUT2D eigenvalue weighted by Crippen LogP contribution is 2.42. The molecule has 2 heterocycles. The predicted octanol–water partition coefficient (Wildman–Crippen LogP) is 2.45. The predicted molar refractivity (Wildman–Crippen MR) is 71.0 cm³/mol. The molecule has 2 unspecified atom stereocenters. The maximum absolute atomic E-state index is 5.99. The van der Waals surface area contributed by atoms with Crippen LogP contribution in [0.2, 0.25) is 0 Å². The molecular weight excluding hydrogens is 226 g/mol. The molecule has 2 aliphatic rings. The summed E-state index contributed by atoms with van der Waals surface area (Å²) >= 11 is 0. The number of hydrogen-bond donors (Lipinski definition) is 1. The third-order valence-electron chi connectivity index (χ3n) is 4.20. The standard InChI is InChI=1S/C15H21NO2/c1-15(8-4-9-18-15)14(16-2)12-6-3-5-11-7-10-17-13(11)12/h3,5-6,14,16H,4,7-10H2,1-2H3. The molecule has 0 aliphatic carbocycles. The van der Waals surface area contributed by atoms with Gasteiger partial charge in [0, 0.05) is 18.6 Å². The topological polar surface area (TPSA) is 30.5 Å². The van der Waals surface area contributed by atoms with Crippen molar-refractivity contribution in [2.24, 2.45) is 0 Å². The average molecular weight is 247 g/mol. The summed E-state index contributed by atoms with van der Waals surface area (Å²) in [5.41, 5.74) is 2.46. The van der Waals surface area contributed by atoms with Gasteiger partial charge in [0.05, 0.1) is 18.2 Å². The SMILES string of the molecule is CNC(c1cccc2c1OCC2)C1(C)CCCO1. The zero-order valence-corrected chi connectivity index (χ0v) is 11.2. The molecule has 0 saturated carbocycles. The van der Waals surface area contributed by atoms with Crippen molar-refractivity contribution in [2.45, 2.75) is 37.8 Å². The van der Waals surface area contributed by atoms with E-state index in [0.717, 1.165) is 38.2 Å². The first-order chi connectivity index (χ1) is 8.74. The van der Waals surface area contributed by atoms with Crippen LogP contribution in [0.15, 0.2) is 18.2 Å². The summed E-state index contributed by atoms with van der Waals surface area (Å²) in [5.74, 6) is 1.08. The maximum atomic E-state index is 5.99. The third-order valence-corrected chi connectivity index (χ3v) is 4.20. The van der Waals surface area contributed by atoms with E-state index >= 15 is 0 Å². The summed E-state index contributed by atoms with van der Waals surface area (Å²) in [5, 5.41) is 3.43. The van der Waals surface area contributed by atoms with Gasteiger partial charge in [-0.2, -0.15) is 0 Å². The summed E-state index contributed by atoms with van der Waals surface area (Å²) in [4.78, 5) is 0. The van der Waals surface area contributed by atoms with Crippen LogP contribution in [0.25, 0.3) is 0 Å². The fourth-order valence-electron chi connectivity index (χ4n) is 3.29. The number of nitrogens with one attached hydrogen (secondary N) is 1. The second-order valence-corrected chi connectivity index (χ2v) is 5.42. The van der Waals surface area contributed by atoms with Crippen molar-refractivity contribution in [3.05, 3.63) is 29.3 Å². The number of likely N-dealkylation sites (N-methyl/N-ethyl adjacent to an activating group) is 1. The Labute approximate surface area is 108 Å². The zero-order valence-electron chi connectivity index (χ0n) is 11.2. The highest BCUT2D eigenvalue weighted by molar-refractivity contribution is 5.46. The molecule has 3 nitrogen and oxygen atoms in total. The summed E-state index contributed by atoms with van der Waals surface area (Å²) in [6.45, 7) is 3.88. The second-order valence-electron chi connectivity index (χ2n) is 5.42. The molecule has 2 aliphatic heterocycles. The normalized spacial score (nSPS) is 27.9. The van der Waals surface area contributed by atoms with Crippen LogP contribution in [0, 0.1) is 0 Å². The summed E-state index contributed by atoms with van der Waals surface area (Å²) in [6, 6.07) is 6.66. The van der Waals surface area contributed by atoms with Gasteiger partial charge in [0.2, 0.25) is 0 Å². The van der Waals surface area contributed by atoms with Crippen LogP contribution >= 0.6 is 0 Å². The average Bonchev–Trinajstić information content (AvgIpc) is 2.99. The Kier molecular flexibility index (Phi) is 3.04. The van der Waals surface area contributed by atoms with Crippen LogP contribution < -0.4 is 10.1 Å². The molecule has 3 rings (SSSR count). The van der Waals surface area contributed by atoms with Crippen LogP contribution in [-0.2, 0) is 11.2 Å². The molecule has 18 heavy (non-hydrogen) atoms. The van der Waals surface area contributed by atoms with E-state index < -0.39 is 0 Å². The lowest BCUT2D eigenvalue weighted by atomic mass is 9.86. The molecule has 2 atom stereocenters. The quantitative estimate of drug-likeness (QED) is 0.890. The Bertz CT molecular complexity index is 438. The molecule has 0 amide bonds. The number of rotatable bonds is 3. The van der Waals surface area contributed by atoms with E-state index in [2.05, 4.69) is 30.4 Å². The van der Waals surface area contributed by atoms with Crippen LogP contribution in [0.3, 0.4) is 0 Å². The van der Waals surface area contributed by atoms with Gasteiger partial charge in [0.15, 0.2) is 0 Å². The fourth-order valence-corrected chi connectivity index (χ4v) is 3.29. The van der Waals surface area contributed by atoms with Crippen molar-refractivity contribution in [3.63, 3.8) is 0 Å². The monoisotopic (exact) mass is 247 g/mol. The highest BCUT2D eigenvalue weighted by Gasteiger charge is 2.40. The molecule has 0 radical (unpaired) electrons. The van der Waals surface area contributed by atoms with E-state index in [0.29, 0.717) is 0 Å². The van der Waals surface area contributed by atoms with Crippen molar-refractivity contribution in [2.75, 3.05) is 20.3 Å². The minimum absolute atomic E-state index is 0.115. The highest BCUT2D eigenvalue weighted by atomic mass is 16.5. The van der Waals surface area contributed by atoms with Gasteiger partial charge < -0.3 is 14.8 Å². The van der Waals surface area contributed by atoms with Gasteiger partial charge in [-0.1, -0.05) is 18.2 Å². The lowest BCUT2D eigenvalue weighted by Crippen LogP contribution is -2.39. The molecule has 1 fully saturated rings. The van der Waals surface area contributed by atoms with E-state index in [1.54, 1.807) is 0 Å². The Morgan fingerprint density at radius 2 is 2.22 bits per heavy atom. The van der Waals surface area contributed by atoms with Gasteiger partial charge >= 0.3 is 0 Å². The number of para-hydroxylation sites is 1. The van der Waals surface area contributed by atoms with Gasteiger partial charge in [0.25, 0.3) is 0 Å². The molecule has 3 heteroatoms. The molecule has 0 bridgehead atoms. The molecule has 1 N–H and O–H groups in total. The second kappa shape index (κ2) is 4.56. The number of hydrogen-bond acceptors (Lipinski definition) is 3. The van der Waals surface area contributed by atoms with E-state index in [1.807, 2.05) is 7.05 Å². The molecular formula is C15H21NO2. The largest absolute Gasteiger partial charge is 0.493 e. The van der Waals surface area contributed by atoms with Crippen LogP contribution in [0.4, 0.5) is 0 Å². The van der Waals surface area contributed by atoms with Crippen LogP contribution in [-0.4, -0.2) is 25.9 Å². The Balaban J connectivity index is 1.99. The molecule has 0 aromatic heterocycles. The fraction of sp³-hybridized carbons (Fsp3) is 0.600. The Hall–Kier alpha value is -1.06. The summed E-state index contributed by atoms with van der Waals surface area (Å²) in [7, 11) is 2.01. The van der Waals surface area contributed by atoms with Gasteiger partial charge in [-0.15, -0.1) is 0 Å². The van der Waals surface area contributed by atoms with Crippen molar-refractivity contribution >= 4 is 0 Å². The van der Waals surface area contributed by atoms with E-state index in [1.165, 1.54) is 11.1 Å². The zero-order chi connectivity index (χ0) is 12.6. The third kappa shape index (κ3) is 1.82. The minimum Gasteiger partial charge on any atom is -0.493 e. The van der Waals surface area contributed by atoms with Crippen molar-refractivity contribution < 1.29 is 9.47 Å². The molecule has 1 aromatic carbocycles. The van der Waals surface area contributed by atoms with Gasteiger partial charge in [0.1, 0.15) is 5.75 Å². The van der Waals surface area contributed by atoms with Gasteiger partial charge in [-0.3, -0.25) is 0 Å². The smallest absolute Gasteiger partial charge is 0.127 e. The van der Waals surface area contributed by atoms with Gasteiger partial charge in [-0.05, 0) is 32.4 Å². The Morgan fingerprint density at radius 3 is 2.94 bits per heavy atom. The van der Waals surface area contributed by atoms with E-state index in [4.69, 9.17) is 9.47 Å². The maximum Gasteiger partial charge on any atom is 0.127 e. The molecule has 1 aromatic rings. The van der Waals surface area contributed by atoms with E-state index in [-0.39, 0.29) is 11.6 Å². The number of ether oxygens (including phenoxy) is 2. The number of fused-ring (bicyclic) bond motifs is 1. The summed E-state index contributed by atoms with van der Waals surface area (Å²) < 4.78 is 11.8.